The molecule has 2 nitrogen and oxygen atoms in total. The van der Waals surface area contributed by atoms with Gasteiger partial charge in [0, 0.05) is 6.92 Å². The van der Waals surface area contributed by atoms with E-state index in [9.17, 15) is 0 Å². The first-order chi connectivity index (χ1) is 4.20. The maximum Gasteiger partial charge on any atom is 0.163 e. The Bertz CT molecular complexity index is 138. The minimum atomic E-state index is 1.14. The van der Waals surface area contributed by atoms with Gasteiger partial charge in [-0.15, -0.1) is 0 Å². The molecule has 0 aliphatic carbocycles. The molecule has 0 fully saturated rings. The van der Waals surface area contributed by atoms with E-state index in [2.05, 4.69) is 30.5 Å². The van der Waals surface area contributed by atoms with E-state index < -0.39 is 0 Å². The molecular weight excluding hydrogens is 112 g/mol. The highest BCUT2D eigenvalue weighted by atomic mass is 15.2. The third-order valence-corrected chi connectivity index (χ3v) is 1.97. The van der Waals surface area contributed by atoms with Gasteiger partial charge in [0.2, 0.25) is 0 Å². The van der Waals surface area contributed by atoms with Gasteiger partial charge in [-0.25, -0.2) is 4.58 Å². The van der Waals surface area contributed by atoms with Crippen molar-refractivity contribution >= 4 is 5.71 Å². The molecule has 0 atom stereocenters. The van der Waals surface area contributed by atoms with Crippen LogP contribution < -0.4 is 0 Å². The molecule has 0 radical (unpaired) electrons. The summed E-state index contributed by atoms with van der Waals surface area (Å²) in [6.45, 7) is 5.71. The van der Waals surface area contributed by atoms with Crippen LogP contribution in [0.4, 0.5) is 0 Å². The maximum absolute atomic E-state index is 2.34. The summed E-state index contributed by atoms with van der Waals surface area (Å²) in [6, 6.07) is 0. The Morgan fingerprint density at radius 2 is 2.22 bits per heavy atom. The molecule has 0 aromatic carbocycles. The number of hydrogen-bond acceptors (Lipinski definition) is 1. The van der Waals surface area contributed by atoms with E-state index in [1.54, 1.807) is 0 Å². The smallest absolute Gasteiger partial charge is 0.163 e. The molecule has 0 unspecified atom stereocenters. The van der Waals surface area contributed by atoms with Crippen molar-refractivity contribution in [2.45, 2.75) is 6.92 Å². The lowest BCUT2D eigenvalue weighted by molar-refractivity contribution is -0.504. The lowest BCUT2D eigenvalue weighted by Crippen LogP contribution is -2.39. The lowest BCUT2D eigenvalue weighted by atomic mass is 10.3. The molecular formula is C7H15N2+. The van der Waals surface area contributed by atoms with Crippen LogP contribution in [0.1, 0.15) is 6.92 Å². The van der Waals surface area contributed by atoms with E-state index in [1.165, 1.54) is 18.8 Å². The van der Waals surface area contributed by atoms with Crippen LogP contribution in [-0.4, -0.2) is 48.9 Å². The molecule has 0 saturated heterocycles. The van der Waals surface area contributed by atoms with Crippen LogP contribution in [0.15, 0.2) is 0 Å². The monoisotopic (exact) mass is 127 g/mol. The van der Waals surface area contributed by atoms with Gasteiger partial charge in [-0.2, -0.15) is 0 Å². The van der Waals surface area contributed by atoms with Gasteiger partial charge in [0.15, 0.2) is 12.3 Å². The summed E-state index contributed by atoms with van der Waals surface area (Å²) in [7, 11) is 4.32. The second-order valence-corrected chi connectivity index (χ2v) is 2.89. The first-order valence-corrected chi connectivity index (χ1v) is 3.42. The molecule has 9 heavy (non-hydrogen) atoms. The molecule has 0 saturated carbocycles. The number of rotatable bonds is 0. The Labute approximate surface area is 56.8 Å². The maximum atomic E-state index is 2.34. The van der Waals surface area contributed by atoms with Crippen LogP contribution in [-0.2, 0) is 0 Å². The van der Waals surface area contributed by atoms with Crippen molar-refractivity contribution in [3.05, 3.63) is 0 Å². The van der Waals surface area contributed by atoms with E-state index in [0.717, 1.165) is 6.54 Å². The Morgan fingerprint density at radius 3 is 2.67 bits per heavy atom. The van der Waals surface area contributed by atoms with Gasteiger partial charge in [-0.1, -0.05) is 0 Å². The molecule has 1 aliphatic heterocycles. The molecule has 0 spiro atoms. The fraction of sp³-hybridized carbons (Fsp3) is 0.857. The topological polar surface area (TPSA) is 6.25 Å². The van der Waals surface area contributed by atoms with Crippen molar-refractivity contribution < 1.29 is 4.58 Å². The van der Waals surface area contributed by atoms with Crippen LogP contribution in [0.3, 0.4) is 0 Å². The highest BCUT2D eigenvalue weighted by molar-refractivity contribution is 5.79. The van der Waals surface area contributed by atoms with Crippen LogP contribution in [0.25, 0.3) is 0 Å². The van der Waals surface area contributed by atoms with E-state index >= 15 is 0 Å². The Balaban J connectivity index is 2.61. The third-order valence-electron chi connectivity index (χ3n) is 1.97. The molecule has 1 heterocycles. The van der Waals surface area contributed by atoms with E-state index in [-0.39, 0.29) is 0 Å². The third kappa shape index (κ3) is 1.52. The van der Waals surface area contributed by atoms with Gasteiger partial charge in [0.1, 0.15) is 7.05 Å². The standard InChI is InChI=1S/C7H15N2/c1-7-6-8(2)4-5-9(7)3/h4-6H2,1-3H3/q+1. The van der Waals surface area contributed by atoms with Crippen LogP contribution >= 0.6 is 0 Å². The second kappa shape index (κ2) is 2.48. The van der Waals surface area contributed by atoms with Gasteiger partial charge in [-0.3, -0.25) is 4.90 Å². The van der Waals surface area contributed by atoms with Gasteiger partial charge >= 0.3 is 0 Å². The number of likely N-dealkylation sites (N-methyl/N-ethyl adjacent to an activating group) is 2. The SMILES string of the molecule is CC1=[N+](C)CCN(C)C1. The summed E-state index contributed by atoms with van der Waals surface area (Å²) in [6.07, 6.45) is 0. The van der Waals surface area contributed by atoms with E-state index in [0.29, 0.717) is 0 Å². The Hall–Kier alpha value is -0.370. The summed E-state index contributed by atoms with van der Waals surface area (Å²) >= 11 is 0. The Morgan fingerprint density at radius 1 is 1.56 bits per heavy atom. The summed E-state index contributed by atoms with van der Waals surface area (Å²) in [5.74, 6) is 0. The van der Waals surface area contributed by atoms with Crippen molar-refractivity contribution in [2.24, 2.45) is 0 Å². The molecule has 52 valence electrons. The van der Waals surface area contributed by atoms with Gasteiger partial charge < -0.3 is 0 Å². The zero-order valence-corrected chi connectivity index (χ0v) is 6.52. The molecule has 0 amide bonds. The summed E-state index contributed by atoms with van der Waals surface area (Å²) in [4.78, 5) is 2.34. The first kappa shape index (κ1) is 6.75. The molecule has 0 aromatic heterocycles. The van der Waals surface area contributed by atoms with Crippen LogP contribution in [0.5, 0.6) is 0 Å². The summed E-state index contributed by atoms with van der Waals surface area (Å²) in [5, 5.41) is 0. The normalized spacial score (nSPS) is 23.0. The molecule has 1 aliphatic rings. The molecule has 0 aromatic rings. The first-order valence-electron chi connectivity index (χ1n) is 3.42. The Kier molecular flexibility index (Phi) is 1.86. The minimum Gasteiger partial charge on any atom is -0.291 e. The van der Waals surface area contributed by atoms with Crippen molar-refractivity contribution in [1.29, 1.82) is 0 Å². The zero-order valence-electron chi connectivity index (χ0n) is 6.52. The minimum absolute atomic E-state index is 1.14. The molecule has 2 heteroatoms. The van der Waals surface area contributed by atoms with Crippen molar-refractivity contribution in [3.63, 3.8) is 0 Å². The number of hydrogen-bond donors (Lipinski definition) is 0. The average molecular weight is 127 g/mol. The average Bonchev–Trinajstić information content (AvgIpc) is 1.80. The highest BCUT2D eigenvalue weighted by Crippen LogP contribution is 1.91. The van der Waals surface area contributed by atoms with Gasteiger partial charge in [0.05, 0.1) is 13.1 Å². The molecule has 0 N–H and O–H groups in total. The van der Waals surface area contributed by atoms with Crippen molar-refractivity contribution in [3.8, 4) is 0 Å². The summed E-state index contributed by atoms with van der Waals surface area (Å²) in [5.41, 5.74) is 1.48. The quantitative estimate of drug-likeness (QED) is 0.416. The fourth-order valence-electron chi connectivity index (χ4n) is 1.10. The van der Waals surface area contributed by atoms with Gasteiger partial charge in [-0.05, 0) is 7.05 Å². The highest BCUT2D eigenvalue weighted by Gasteiger charge is 2.14. The van der Waals surface area contributed by atoms with E-state index in [1.807, 2.05) is 0 Å². The van der Waals surface area contributed by atoms with Crippen molar-refractivity contribution in [1.82, 2.24) is 4.90 Å². The summed E-state index contributed by atoms with van der Waals surface area (Å²) < 4.78 is 2.32. The second-order valence-electron chi connectivity index (χ2n) is 2.89. The predicted molar refractivity (Wildman–Crippen MR) is 39.2 cm³/mol. The largest absolute Gasteiger partial charge is 0.291 e. The van der Waals surface area contributed by atoms with Crippen molar-refractivity contribution in [2.75, 3.05) is 33.7 Å². The van der Waals surface area contributed by atoms with E-state index in [4.69, 9.17) is 0 Å². The zero-order chi connectivity index (χ0) is 6.85. The molecule has 0 bridgehead atoms. The number of nitrogens with zero attached hydrogens (tertiary/aromatic N) is 2. The van der Waals surface area contributed by atoms with Gasteiger partial charge in [0.25, 0.3) is 0 Å². The predicted octanol–water partition coefficient (Wildman–Crippen LogP) is 0.0350. The molecule has 1 rings (SSSR count). The van der Waals surface area contributed by atoms with Crippen LogP contribution in [0, 0.1) is 0 Å². The van der Waals surface area contributed by atoms with Crippen LogP contribution in [0.2, 0.25) is 0 Å². The fourth-order valence-corrected chi connectivity index (χ4v) is 1.10. The lowest BCUT2D eigenvalue weighted by Gasteiger charge is -2.19.